The van der Waals surface area contributed by atoms with E-state index in [0.29, 0.717) is 37.8 Å². The molecule has 0 saturated carbocycles. The molecule has 0 radical (unpaired) electrons. The lowest BCUT2D eigenvalue weighted by atomic mass is 9.92. The molecule has 2 aromatic rings. The molecular formula is C20H24N2O5. The van der Waals surface area contributed by atoms with Gasteiger partial charge in [-0.15, -0.1) is 0 Å². The van der Waals surface area contributed by atoms with Gasteiger partial charge in [0.1, 0.15) is 12.4 Å². The molecule has 0 unspecified atom stereocenters. The zero-order valence-corrected chi connectivity index (χ0v) is 15.4. The number of piperidine rings is 1. The summed E-state index contributed by atoms with van der Waals surface area (Å²) in [4.78, 5) is 25.6. The van der Waals surface area contributed by atoms with E-state index in [2.05, 4.69) is 5.16 Å². The first-order valence-electron chi connectivity index (χ1n) is 9.24. The van der Waals surface area contributed by atoms with Crippen molar-refractivity contribution in [2.24, 2.45) is 5.92 Å². The highest BCUT2D eigenvalue weighted by Crippen LogP contribution is 2.23. The van der Waals surface area contributed by atoms with Crippen LogP contribution in [0, 0.1) is 5.92 Å². The fourth-order valence-electron chi connectivity index (χ4n) is 3.13. The average molecular weight is 372 g/mol. The van der Waals surface area contributed by atoms with Crippen LogP contribution >= 0.6 is 0 Å². The first-order chi connectivity index (χ1) is 13.2. The lowest BCUT2D eigenvalue weighted by molar-refractivity contribution is 0.0514. The number of ether oxygens (including phenoxy) is 2. The van der Waals surface area contributed by atoms with E-state index in [-0.39, 0.29) is 18.4 Å². The lowest BCUT2D eigenvalue weighted by Crippen LogP contribution is -2.39. The Morgan fingerprint density at radius 3 is 2.63 bits per heavy atom. The normalized spacial score (nSPS) is 14.8. The molecule has 1 fully saturated rings. The van der Waals surface area contributed by atoms with Gasteiger partial charge < -0.3 is 18.9 Å². The van der Waals surface area contributed by atoms with Gasteiger partial charge in [0.25, 0.3) is 0 Å². The van der Waals surface area contributed by atoms with Crippen LogP contribution in [-0.4, -0.2) is 41.8 Å². The summed E-state index contributed by atoms with van der Waals surface area (Å²) in [6, 6.07) is 11.3. The van der Waals surface area contributed by atoms with Crippen LogP contribution in [-0.2, 0) is 22.5 Å². The number of amides is 1. The van der Waals surface area contributed by atoms with Crippen LogP contribution in [0.2, 0.25) is 0 Å². The molecule has 3 rings (SSSR count). The Bertz CT molecular complexity index is 751. The van der Waals surface area contributed by atoms with Gasteiger partial charge in [-0.05, 0) is 31.2 Å². The van der Waals surface area contributed by atoms with Gasteiger partial charge >= 0.3 is 12.1 Å². The van der Waals surface area contributed by atoms with E-state index in [0.717, 1.165) is 18.4 Å². The number of hydrogen-bond acceptors (Lipinski definition) is 6. The van der Waals surface area contributed by atoms with Crippen LogP contribution in [0.3, 0.4) is 0 Å². The van der Waals surface area contributed by atoms with Gasteiger partial charge in [-0.2, -0.15) is 0 Å². The standard InChI is InChI=1S/C20H24N2O5/c1-2-25-19(23)18-13-17(27-21-18)12-15-8-10-22(11-9-15)20(24)26-14-16-6-4-3-5-7-16/h3-7,13,15H,2,8-12,14H2,1H3. The zero-order valence-electron chi connectivity index (χ0n) is 15.4. The smallest absolute Gasteiger partial charge is 0.410 e. The van der Waals surface area contributed by atoms with Crippen LogP contribution in [0.1, 0.15) is 41.6 Å². The number of hydrogen-bond donors (Lipinski definition) is 0. The molecule has 7 nitrogen and oxygen atoms in total. The number of aromatic nitrogens is 1. The van der Waals surface area contributed by atoms with Gasteiger partial charge in [-0.3, -0.25) is 0 Å². The summed E-state index contributed by atoms with van der Waals surface area (Å²) < 4.78 is 15.5. The maximum atomic E-state index is 12.2. The largest absolute Gasteiger partial charge is 0.461 e. The summed E-state index contributed by atoms with van der Waals surface area (Å²) in [5.74, 6) is 0.581. The lowest BCUT2D eigenvalue weighted by Gasteiger charge is -2.30. The second kappa shape index (κ2) is 9.21. The number of carbonyl (C=O) groups excluding carboxylic acids is 2. The van der Waals surface area contributed by atoms with Gasteiger partial charge in [-0.25, -0.2) is 9.59 Å². The summed E-state index contributed by atoms with van der Waals surface area (Å²) in [7, 11) is 0. The number of carbonyl (C=O) groups is 2. The van der Waals surface area contributed by atoms with Crippen molar-refractivity contribution in [3.8, 4) is 0 Å². The predicted octanol–water partition coefficient (Wildman–Crippen LogP) is 3.44. The SMILES string of the molecule is CCOC(=O)c1cc(CC2CCN(C(=O)OCc3ccccc3)CC2)on1. The van der Waals surface area contributed by atoms with Crippen molar-refractivity contribution >= 4 is 12.1 Å². The van der Waals surface area contributed by atoms with E-state index in [1.54, 1.807) is 17.9 Å². The molecule has 7 heteroatoms. The highest BCUT2D eigenvalue weighted by molar-refractivity contribution is 5.87. The van der Waals surface area contributed by atoms with Crippen LogP contribution in [0.15, 0.2) is 40.9 Å². The third-order valence-corrected chi connectivity index (χ3v) is 4.61. The minimum absolute atomic E-state index is 0.203. The molecule has 1 aromatic carbocycles. The monoisotopic (exact) mass is 372 g/mol. The average Bonchev–Trinajstić information content (AvgIpc) is 3.16. The minimum Gasteiger partial charge on any atom is -0.461 e. The van der Waals surface area contributed by atoms with E-state index in [1.165, 1.54) is 0 Å². The Labute approximate surface area is 158 Å². The van der Waals surface area contributed by atoms with Crippen molar-refractivity contribution in [2.45, 2.75) is 32.8 Å². The number of likely N-dealkylation sites (tertiary alicyclic amines) is 1. The quantitative estimate of drug-likeness (QED) is 0.723. The van der Waals surface area contributed by atoms with Crippen LogP contribution in [0.5, 0.6) is 0 Å². The van der Waals surface area contributed by atoms with Gasteiger partial charge in [0, 0.05) is 25.6 Å². The molecule has 0 N–H and O–H groups in total. The topological polar surface area (TPSA) is 81.9 Å². The van der Waals surface area contributed by atoms with Gasteiger partial charge in [0.2, 0.25) is 0 Å². The van der Waals surface area contributed by atoms with Gasteiger partial charge in [0.15, 0.2) is 5.69 Å². The van der Waals surface area contributed by atoms with E-state index >= 15 is 0 Å². The molecule has 2 heterocycles. The van der Waals surface area contributed by atoms with E-state index < -0.39 is 5.97 Å². The van der Waals surface area contributed by atoms with Crippen LogP contribution < -0.4 is 0 Å². The molecule has 27 heavy (non-hydrogen) atoms. The summed E-state index contributed by atoms with van der Waals surface area (Å²) in [6.45, 7) is 3.64. The first-order valence-corrected chi connectivity index (χ1v) is 9.24. The highest BCUT2D eigenvalue weighted by atomic mass is 16.6. The number of rotatable bonds is 6. The van der Waals surface area contributed by atoms with Gasteiger partial charge in [-0.1, -0.05) is 35.5 Å². The fraction of sp³-hybridized carbons (Fsp3) is 0.450. The van der Waals surface area contributed by atoms with Crippen LogP contribution in [0.4, 0.5) is 4.79 Å². The molecule has 0 atom stereocenters. The minimum atomic E-state index is -0.469. The molecule has 0 bridgehead atoms. The first kappa shape index (κ1) is 18.9. The second-order valence-corrected chi connectivity index (χ2v) is 6.57. The third-order valence-electron chi connectivity index (χ3n) is 4.61. The van der Waals surface area contributed by atoms with Crippen LogP contribution in [0.25, 0.3) is 0 Å². The molecule has 144 valence electrons. The molecule has 1 saturated heterocycles. The maximum absolute atomic E-state index is 12.2. The third kappa shape index (κ3) is 5.32. The Kier molecular flexibility index (Phi) is 6.46. The summed E-state index contributed by atoms with van der Waals surface area (Å²) in [5, 5.41) is 3.76. The Balaban J connectivity index is 1.42. The molecule has 1 aliphatic rings. The Morgan fingerprint density at radius 2 is 1.93 bits per heavy atom. The molecule has 1 aromatic heterocycles. The Morgan fingerprint density at radius 1 is 1.19 bits per heavy atom. The fourth-order valence-corrected chi connectivity index (χ4v) is 3.13. The van der Waals surface area contributed by atoms with Crippen molar-refractivity contribution in [1.29, 1.82) is 0 Å². The molecule has 1 aliphatic heterocycles. The van der Waals surface area contributed by atoms with Crippen molar-refractivity contribution in [3.05, 3.63) is 53.4 Å². The van der Waals surface area contributed by atoms with Crippen molar-refractivity contribution in [2.75, 3.05) is 19.7 Å². The number of nitrogens with zero attached hydrogens (tertiary/aromatic N) is 2. The highest BCUT2D eigenvalue weighted by Gasteiger charge is 2.25. The van der Waals surface area contributed by atoms with Gasteiger partial charge in [0.05, 0.1) is 6.61 Å². The summed E-state index contributed by atoms with van der Waals surface area (Å²) in [6.07, 6.45) is 2.13. The molecule has 0 spiro atoms. The molecule has 0 aliphatic carbocycles. The summed E-state index contributed by atoms with van der Waals surface area (Å²) in [5.41, 5.74) is 1.18. The van der Waals surface area contributed by atoms with Crippen molar-refractivity contribution in [1.82, 2.24) is 10.1 Å². The maximum Gasteiger partial charge on any atom is 0.410 e. The van der Waals surface area contributed by atoms with E-state index in [1.807, 2.05) is 30.3 Å². The van der Waals surface area contributed by atoms with E-state index in [9.17, 15) is 9.59 Å². The number of benzene rings is 1. The van der Waals surface area contributed by atoms with E-state index in [4.69, 9.17) is 14.0 Å². The number of esters is 1. The predicted molar refractivity (Wildman–Crippen MR) is 97.1 cm³/mol. The van der Waals surface area contributed by atoms with Crippen molar-refractivity contribution in [3.63, 3.8) is 0 Å². The second-order valence-electron chi connectivity index (χ2n) is 6.57. The zero-order chi connectivity index (χ0) is 19.1. The molecular weight excluding hydrogens is 348 g/mol. The summed E-state index contributed by atoms with van der Waals surface area (Å²) >= 11 is 0. The Hall–Kier alpha value is -2.83. The molecule has 1 amide bonds. The van der Waals surface area contributed by atoms with Crippen molar-refractivity contribution < 1.29 is 23.6 Å².